The summed E-state index contributed by atoms with van der Waals surface area (Å²) in [4.78, 5) is 0. The van der Waals surface area contributed by atoms with E-state index in [1.54, 1.807) is 29.8 Å². The fourth-order valence-corrected chi connectivity index (χ4v) is 4.38. The largest absolute Gasteiger partial charge is 0.207 e. The van der Waals surface area contributed by atoms with Gasteiger partial charge < -0.3 is 0 Å². The van der Waals surface area contributed by atoms with Gasteiger partial charge in [0.05, 0.1) is 0 Å². The summed E-state index contributed by atoms with van der Waals surface area (Å²) in [6.07, 6.45) is 12.1. The smallest absolute Gasteiger partial charge is 0.130 e. The molecule has 0 bridgehead atoms. The molecule has 0 saturated heterocycles. The molecule has 1 unspecified atom stereocenters. The number of aryl methyl sites for hydroxylation is 2. The van der Waals surface area contributed by atoms with Gasteiger partial charge in [-0.25, -0.2) is 8.78 Å². The van der Waals surface area contributed by atoms with E-state index in [-0.39, 0.29) is 11.6 Å². The molecule has 0 nitrogen and oxygen atoms in total. The van der Waals surface area contributed by atoms with Crippen molar-refractivity contribution in [3.05, 3.63) is 113 Å². The van der Waals surface area contributed by atoms with E-state index < -0.39 is 0 Å². The molecule has 1 atom stereocenters. The van der Waals surface area contributed by atoms with Gasteiger partial charge in [0.15, 0.2) is 0 Å². The first-order valence-electron chi connectivity index (χ1n) is 13.4. The maximum Gasteiger partial charge on any atom is 0.130 e. The van der Waals surface area contributed by atoms with Crippen molar-refractivity contribution in [1.82, 2.24) is 0 Å². The highest BCUT2D eigenvalue weighted by atomic mass is 19.1. The topological polar surface area (TPSA) is 0 Å². The van der Waals surface area contributed by atoms with Crippen molar-refractivity contribution in [1.29, 1.82) is 0 Å². The zero-order valence-corrected chi connectivity index (χ0v) is 24.0. The van der Waals surface area contributed by atoms with Crippen LogP contribution in [0.3, 0.4) is 0 Å². The molecule has 2 aliphatic rings. The molecule has 0 amide bonds. The summed E-state index contributed by atoms with van der Waals surface area (Å²) in [5.74, 6) is -0.352. The second-order valence-corrected chi connectivity index (χ2v) is 8.84. The lowest BCUT2D eigenvalue weighted by atomic mass is 9.74. The van der Waals surface area contributed by atoms with Gasteiger partial charge in [-0.05, 0) is 86.3 Å². The lowest BCUT2D eigenvalue weighted by Gasteiger charge is -2.31. The van der Waals surface area contributed by atoms with Crippen LogP contribution in [0, 0.1) is 24.0 Å². The van der Waals surface area contributed by atoms with Crippen LogP contribution >= 0.6 is 0 Å². The summed E-state index contributed by atoms with van der Waals surface area (Å²) in [6, 6.07) is 11.5. The first-order valence-corrected chi connectivity index (χ1v) is 13.4. The Hall–Kier alpha value is -2.74. The summed E-state index contributed by atoms with van der Waals surface area (Å²) < 4.78 is 25.1. The summed E-state index contributed by atoms with van der Waals surface area (Å²) >= 11 is 0. The fraction of sp³-hybridized carbons (Fsp3) is 0.412. The Bertz CT molecular complexity index is 971. The van der Waals surface area contributed by atoms with Crippen LogP contribution in [0.15, 0.2) is 84.5 Å². The number of hydrogen-bond acceptors (Lipinski definition) is 0. The molecule has 0 aliphatic heterocycles. The third-order valence-corrected chi connectivity index (χ3v) is 6.41. The van der Waals surface area contributed by atoms with Crippen molar-refractivity contribution in [3.8, 4) is 0 Å². The molecular weight excluding hydrogens is 446 g/mol. The molecule has 2 heteroatoms. The monoisotopic (exact) mass is 494 g/mol. The van der Waals surface area contributed by atoms with Crippen LogP contribution in [-0.4, -0.2) is 0 Å². The van der Waals surface area contributed by atoms with Crippen molar-refractivity contribution < 1.29 is 8.78 Å². The van der Waals surface area contributed by atoms with Crippen LogP contribution in [-0.2, 0) is 6.42 Å². The Kier molecular flexibility index (Phi) is 16.3. The first kappa shape index (κ1) is 33.3. The lowest BCUT2D eigenvalue weighted by Crippen LogP contribution is -2.18. The molecule has 0 heterocycles. The van der Waals surface area contributed by atoms with Gasteiger partial charge >= 0.3 is 0 Å². The number of allylic oxidation sites excluding steroid dienone is 5. The predicted octanol–water partition coefficient (Wildman–Crippen LogP) is 11.2. The Morgan fingerprint density at radius 1 is 0.917 bits per heavy atom. The van der Waals surface area contributed by atoms with Crippen molar-refractivity contribution >= 4 is 6.08 Å². The van der Waals surface area contributed by atoms with Crippen molar-refractivity contribution in [2.24, 2.45) is 5.41 Å². The molecule has 36 heavy (non-hydrogen) atoms. The van der Waals surface area contributed by atoms with Crippen LogP contribution in [0.5, 0.6) is 0 Å². The standard InChI is InChI=1S/C13H18.C10H11F.C7H7F.2C2H6/c1-4-11-9-13(3)7-5-6-12(13)8-10(11)2;1-3-8-6-5-7-10(11)9(8)4-2;1-6-2-4-7(8)5-3-6;2*1-2/h4,8H,1,5-7,9H2,2-3H3;4-7H,2-3H2,1H3;2-5H,1H3;2*1-2H3. The molecule has 4 rings (SSSR count). The van der Waals surface area contributed by atoms with E-state index >= 15 is 0 Å². The Morgan fingerprint density at radius 3 is 2.00 bits per heavy atom. The molecule has 1 fully saturated rings. The van der Waals surface area contributed by atoms with Crippen LogP contribution in [0.1, 0.15) is 90.8 Å². The number of hydrogen-bond donors (Lipinski definition) is 0. The molecule has 2 aliphatic carbocycles. The number of fused-ring (bicyclic) bond motifs is 1. The first-order chi connectivity index (χ1) is 17.2. The highest BCUT2D eigenvalue weighted by molar-refractivity contribution is 5.52. The zero-order valence-electron chi connectivity index (χ0n) is 24.0. The van der Waals surface area contributed by atoms with E-state index in [4.69, 9.17) is 0 Å². The third-order valence-electron chi connectivity index (χ3n) is 6.41. The average molecular weight is 495 g/mol. The SMILES string of the molecule is C=CC1=C(C)C=C2CCCC2(C)C1.C=Cc1c(F)cccc1CC.CC.CC.Cc1ccc(F)cc1. The second kappa shape index (κ2) is 17.7. The summed E-state index contributed by atoms with van der Waals surface area (Å²) in [7, 11) is 0. The third kappa shape index (κ3) is 10.1. The van der Waals surface area contributed by atoms with E-state index in [1.807, 2.05) is 53.7 Å². The molecule has 0 spiro atoms. The van der Waals surface area contributed by atoms with E-state index in [2.05, 4.69) is 33.1 Å². The summed E-state index contributed by atoms with van der Waals surface area (Å²) in [5, 5.41) is 0. The van der Waals surface area contributed by atoms with Gasteiger partial charge in [0, 0.05) is 5.56 Å². The highest BCUT2D eigenvalue weighted by Crippen LogP contribution is 2.50. The lowest BCUT2D eigenvalue weighted by molar-refractivity contribution is 0.403. The molecule has 198 valence electrons. The van der Waals surface area contributed by atoms with E-state index in [0.29, 0.717) is 11.0 Å². The fourth-order valence-electron chi connectivity index (χ4n) is 4.38. The Balaban J connectivity index is 0.000000488. The number of benzene rings is 2. The van der Waals surface area contributed by atoms with Crippen LogP contribution in [0.4, 0.5) is 8.78 Å². The van der Waals surface area contributed by atoms with Crippen LogP contribution in [0.25, 0.3) is 6.08 Å². The summed E-state index contributed by atoms with van der Waals surface area (Å²) in [5.41, 5.74) is 7.78. The quantitative estimate of drug-likeness (QED) is 0.398. The highest BCUT2D eigenvalue weighted by Gasteiger charge is 2.36. The molecule has 1 saturated carbocycles. The minimum absolute atomic E-state index is 0.171. The normalized spacial score (nSPS) is 17.2. The molecular formula is C34H48F2. The molecule has 2 aromatic rings. The van der Waals surface area contributed by atoms with Gasteiger partial charge in [-0.2, -0.15) is 0 Å². The van der Waals surface area contributed by atoms with Gasteiger partial charge in [-0.1, -0.05) is 108 Å². The van der Waals surface area contributed by atoms with E-state index in [9.17, 15) is 8.78 Å². The molecule has 0 N–H and O–H groups in total. The molecule has 2 aromatic carbocycles. The van der Waals surface area contributed by atoms with Crippen molar-refractivity contribution in [2.75, 3.05) is 0 Å². The van der Waals surface area contributed by atoms with Crippen LogP contribution in [0.2, 0.25) is 0 Å². The summed E-state index contributed by atoms with van der Waals surface area (Å²) in [6.45, 7) is 24.0. The second-order valence-electron chi connectivity index (χ2n) is 8.84. The zero-order chi connectivity index (χ0) is 27.7. The van der Waals surface area contributed by atoms with Gasteiger partial charge in [-0.3, -0.25) is 0 Å². The van der Waals surface area contributed by atoms with Gasteiger partial charge in [0.2, 0.25) is 0 Å². The Labute approximate surface area is 220 Å². The van der Waals surface area contributed by atoms with Crippen molar-refractivity contribution in [2.45, 2.75) is 87.5 Å². The maximum atomic E-state index is 13.0. The Morgan fingerprint density at radius 2 is 1.53 bits per heavy atom. The van der Waals surface area contributed by atoms with E-state index in [1.165, 1.54) is 55.0 Å². The van der Waals surface area contributed by atoms with Gasteiger partial charge in [0.1, 0.15) is 11.6 Å². The van der Waals surface area contributed by atoms with Gasteiger partial charge in [0.25, 0.3) is 0 Å². The van der Waals surface area contributed by atoms with Gasteiger partial charge in [-0.15, -0.1) is 0 Å². The number of rotatable bonds is 3. The number of halogens is 2. The minimum Gasteiger partial charge on any atom is -0.207 e. The maximum absolute atomic E-state index is 13.0. The van der Waals surface area contributed by atoms with Crippen LogP contribution < -0.4 is 0 Å². The van der Waals surface area contributed by atoms with E-state index in [0.717, 1.165) is 17.5 Å². The minimum atomic E-state index is -0.181. The van der Waals surface area contributed by atoms with Crippen molar-refractivity contribution in [3.63, 3.8) is 0 Å². The average Bonchev–Trinajstić information content (AvgIpc) is 3.28. The predicted molar refractivity (Wildman–Crippen MR) is 157 cm³/mol. The molecule has 0 aromatic heterocycles. The molecule has 0 radical (unpaired) electrons.